The van der Waals surface area contributed by atoms with Gasteiger partial charge in [0.2, 0.25) is 0 Å². The van der Waals surface area contributed by atoms with Gasteiger partial charge in [-0.25, -0.2) is 13.2 Å². The summed E-state index contributed by atoms with van der Waals surface area (Å²) < 4.78 is 49.4. The first-order chi connectivity index (χ1) is 18.9. The smallest absolute Gasteiger partial charge is 0.149 e. The molecule has 3 aliphatic rings. The number of aromatic nitrogens is 1. The Labute approximate surface area is 223 Å². The van der Waals surface area contributed by atoms with E-state index in [4.69, 9.17) is 9.72 Å². The van der Waals surface area contributed by atoms with Crippen LogP contribution in [0.4, 0.5) is 30.2 Å². The van der Waals surface area contributed by atoms with Crippen molar-refractivity contribution in [1.29, 1.82) is 0 Å². The second kappa shape index (κ2) is 9.29. The molecule has 2 saturated heterocycles. The van der Waals surface area contributed by atoms with Crippen molar-refractivity contribution in [2.75, 3.05) is 41.8 Å². The first-order valence-corrected chi connectivity index (χ1v) is 13.0. The van der Waals surface area contributed by atoms with Crippen LogP contribution in [0.1, 0.15) is 6.42 Å². The van der Waals surface area contributed by atoms with Gasteiger partial charge in [0.05, 0.1) is 41.3 Å². The maximum Gasteiger partial charge on any atom is 0.149 e. The topological polar surface area (TPSA) is 61.5 Å². The lowest BCUT2D eigenvalue weighted by atomic mass is 9.94. The van der Waals surface area contributed by atoms with E-state index in [0.717, 1.165) is 47.7 Å². The first-order valence-electron chi connectivity index (χ1n) is 13.0. The number of hydrogen-bond donors (Lipinski definition) is 3. The molecule has 6 nitrogen and oxygen atoms in total. The molecule has 7 rings (SSSR count). The third-order valence-electron chi connectivity index (χ3n) is 7.70. The molecule has 0 radical (unpaired) electrons. The van der Waals surface area contributed by atoms with E-state index >= 15 is 4.39 Å². The third-order valence-corrected chi connectivity index (χ3v) is 7.70. The number of hydrogen-bond acceptors (Lipinski definition) is 6. The van der Waals surface area contributed by atoms with Crippen LogP contribution in [0.5, 0.6) is 0 Å². The van der Waals surface area contributed by atoms with Crippen LogP contribution >= 0.6 is 0 Å². The Balaban J connectivity index is 1.42. The minimum Gasteiger partial charge on any atom is -0.375 e. The standard InChI is InChI=1S/C30H26F3N5O/c1-16-36-26-12-19(11-24(33)29(26)37-16)23-14-35-25-3-2-17(18-8-20(31)13-21(32)9-18)10-22(25)30(23)38-6-4-28-27(15-38)34-5-7-39-28/h2-3,8-14,27-28,34,36-37H,1,4-7,15H2/t27-,28-/m1/s1. The molecule has 9 heteroatoms. The van der Waals surface area contributed by atoms with Crippen molar-refractivity contribution in [1.82, 2.24) is 10.3 Å². The fourth-order valence-electron chi connectivity index (χ4n) is 5.95. The average molecular weight is 530 g/mol. The van der Waals surface area contributed by atoms with Crippen LogP contribution in [0.2, 0.25) is 0 Å². The summed E-state index contributed by atoms with van der Waals surface area (Å²) in [5.41, 5.74) is 5.12. The highest BCUT2D eigenvalue weighted by molar-refractivity contribution is 6.02. The highest BCUT2D eigenvalue weighted by Crippen LogP contribution is 2.43. The number of nitrogens with one attached hydrogen (secondary N) is 3. The Morgan fingerprint density at radius 1 is 0.949 bits per heavy atom. The van der Waals surface area contributed by atoms with Gasteiger partial charge < -0.3 is 25.6 Å². The van der Waals surface area contributed by atoms with Gasteiger partial charge in [0.25, 0.3) is 0 Å². The van der Waals surface area contributed by atoms with Crippen molar-refractivity contribution in [2.45, 2.75) is 18.6 Å². The summed E-state index contributed by atoms with van der Waals surface area (Å²) in [5, 5.41) is 10.4. The van der Waals surface area contributed by atoms with E-state index in [-0.39, 0.29) is 12.1 Å². The maximum absolute atomic E-state index is 15.2. The predicted octanol–water partition coefficient (Wildman–Crippen LogP) is 5.86. The molecule has 0 amide bonds. The average Bonchev–Trinajstić information content (AvgIpc) is 3.32. The monoisotopic (exact) mass is 529 g/mol. The fourth-order valence-corrected chi connectivity index (χ4v) is 5.95. The van der Waals surface area contributed by atoms with Gasteiger partial charge in [0.1, 0.15) is 23.3 Å². The number of fused-ring (bicyclic) bond motifs is 3. The Hall–Kier alpha value is -4.08. The molecule has 3 aromatic carbocycles. The summed E-state index contributed by atoms with van der Waals surface area (Å²) in [6.07, 6.45) is 2.74. The lowest BCUT2D eigenvalue weighted by Gasteiger charge is -2.43. The van der Waals surface area contributed by atoms with Crippen molar-refractivity contribution in [3.05, 3.63) is 84.6 Å². The summed E-state index contributed by atoms with van der Waals surface area (Å²) in [7, 11) is 0. The molecular formula is C30H26F3N5O. The van der Waals surface area contributed by atoms with Gasteiger partial charge in [-0.05, 0) is 59.5 Å². The fraction of sp³-hybridized carbons (Fsp3) is 0.233. The lowest BCUT2D eigenvalue weighted by molar-refractivity contribution is -0.0134. The van der Waals surface area contributed by atoms with Crippen LogP contribution in [-0.2, 0) is 4.74 Å². The Morgan fingerprint density at radius 2 is 1.79 bits per heavy atom. The first kappa shape index (κ1) is 24.0. The Kier molecular flexibility index (Phi) is 5.71. The Morgan fingerprint density at radius 3 is 2.64 bits per heavy atom. The van der Waals surface area contributed by atoms with Crippen LogP contribution in [0.15, 0.2) is 67.1 Å². The second-order valence-corrected chi connectivity index (χ2v) is 10.2. The molecule has 39 heavy (non-hydrogen) atoms. The molecule has 0 spiro atoms. The van der Waals surface area contributed by atoms with Crippen LogP contribution in [-0.4, -0.2) is 43.4 Å². The number of piperidine rings is 1. The van der Waals surface area contributed by atoms with E-state index in [9.17, 15) is 8.78 Å². The second-order valence-electron chi connectivity index (χ2n) is 10.2. The highest BCUT2D eigenvalue weighted by atomic mass is 19.1. The van der Waals surface area contributed by atoms with Crippen LogP contribution in [0.3, 0.4) is 0 Å². The molecule has 1 aromatic heterocycles. The molecule has 0 bridgehead atoms. The number of benzene rings is 3. The van der Waals surface area contributed by atoms with Gasteiger partial charge >= 0.3 is 0 Å². The molecule has 3 N–H and O–H groups in total. The minimum absolute atomic E-state index is 0.135. The van der Waals surface area contributed by atoms with E-state index < -0.39 is 17.5 Å². The van der Waals surface area contributed by atoms with Gasteiger partial charge in [-0.3, -0.25) is 4.98 Å². The number of nitrogens with zero attached hydrogens (tertiary/aromatic N) is 2. The molecule has 0 saturated carbocycles. The highest BCUT2D eigenvalue weighted by Gasteiger charge is 2.34. The molecule has 0 unspecified atom stereocenters. The minimum atomic E-state index is -0.640. The normalized spacial score (nSPS) is 20.4. The van der Waals surface area contributed by atoms with E-state index in [1.807, 2.05) is 24.3 Å². The predicted molar refractivity (Wildman–Crippen MR) is 147 cm³/mol. The molecule has 198 valence electrons. The van der Waals surface area contributed by atoms with Crippen LogP contribution in [0, 0.1) is 17.5 Å². The van der Waals surface area contributed by atoms with E-state index in [1.165, 1.54) is 18.2 Å². The zero-order valence-corrected chi connectivity index (χ0v) is 21.0. The van der Waals surface area contributed by atoms with Crippen LogP contribution in [0.25, 0.3) is 33.2 Å². The van der Waals surface area contributed by atoms with Gasteiger partial charge in [-0.2, -0.15) is 0 Å². The molecule has 3 aliphatic heterocycles. The SMILES string of the molecule is C=C1Nc2cc(-c3cnc4ccc(-c5cc(F)cc(F)c5)cc4c3N3CC[C@H]4OCCN[C@@H]4C3)cc(F)c2N1. The largest absolute Gasteiger partial charge is 0.375 e. The van der Waals surface area contributed by atoms with E-state index in [0.29, 0.717) is 47.0 Å². The van der Waals surface area contributed by atoms with Crippen molar-refractivity contribution in [2.24, 2.45) is 0 Å². The number of halogens is 3. The van der Waals surface area contributed by atoms with Gasteiger partial charge in [-0.1, -0.05) is 12.6 Å². The van der Waals surface area contributed by atoms with Crippen molar-refractivity contribution < 1.29 is 17.9 Å². The van der Waals surface area contributed by atoms with Crippen molar-refractivity contribution in [3.8, 4) is 22.3 Å². The lowest BCUT2D eigenvalue weighted by Crippen LogP contribution is -2.58. The summed E-state index contributed by atoms with van der Waals surface area (Å²) in [4.78, 5) is 7.00. The summed E-state index contributed by atoms with van der Waals surface area (Å²) in [5.74, 6) is -1.17. The molecule has 4 heterocycles. The number of ether oxygens (including phenoxy) is 1. The summed E-state index contributed by atoms with van der Waals surface area (Å²) in [6, 6.07) is 12.6. The number of morpholine rings is 1. The Bertz CT molecular complexity index is 1620. The maximum atomic E-state index is 15.2. The van der Waals surface area contributed by atoms with Crippen molar-refractivity contribution >= 4 is 28.0 Å². The van der Waals surface area contributed by atoms with Gasteiger partial charge in [-0.15, -0.1) is 0 Å². The quantitative estimate of drug-likeness (QED) is 0.309. The molecule has 0 aliphatic carbocycles. The summed E-state index contributed by atoms with van der Waals surface area (Å²) >= 11 is 0. The molecular weight excluding hydrogens is 503 g/mol. The van der Waals surface area contributed by atoms with Crippen molar-refractivity contribution in [3.63, 3.8) is 0 Å². The molecule has 2 fully saturated rings. The van der Waals surface area contributed by atoms with Gasteiger partial charge in [0.15, 0.2) is 0 Å². The summed E-state index contributed by atoms with van der Waals surface area (Å²) in [6.45, 7) is 6.76. The van der Waals surface area contributed by atoms with Crippen LogP contribution < -0.4 is 20.9 Å². The zero-order chi connectivity index (χ0) is 26.7. The van der Waals surface area contributed by atoms with E-state index in [2.05, 4.69) is 27.4 Å². The van der Waals surface area contributed by atoms with E-state index in [1.54, 1.807) is 6.20 Å². The number of anilines is 3. The zero-order valence-electron chi connectivity index (χ0n) is 21.0. The molecule has 2 atom stereocenters. The number of rotatable bonds is 3. The molecule has 4 aromatic rings. The van der Waals surface area contributed by atoms with Gasteiger partial charge in [0, 0.05) is 42.8 Å². The third kappa shape index (κ3) is 4.27. The number of pyridine rings is 1.